The number of furan rings is 1. The summed E-state index contributed by atoms with van der Waals surface area (Å²) in [6, 6.07) is 16.8. The van der Waals surface area contributed by atoms with Gasteiger partial charge in [-0.05, 0) is 36.8 Å². The maximum absolute atomic E-state index is 6.19. The van der Waals surface area contributed by atoms with Crippen LogP contribution in [0, 0.1) is 6.92 Å². The van der Waals surface area contributed by atoms with Crippen molar-refractivity contribution in [3.8, 4) is 11.4 Å². The third-order valence-corrected chi connectivity index (χ3v) is 5.09. The van der Waals surface area contributed by atoms with Crippen molar-refractivity contribution < 1.29 is 8.98 Å². The number of fused-ring (bicyclic) bond motifs is 4. The van der Waals surface area contributed by atoms with Crippen molar-refractivity contribution in [2.75, 3.05) is 0 Å². The number of nitrogens with zero attached hydrogens (tertiary/aromatic N) is 3. The van der Waals surface area contributed by atoms with Crippen LogP contribution in [0.25, 0.3) is 44.5 Å². The molecule has 0 N–H and O–H groups in total. The van der Waals surface area contributed by atoms with Crippen LogP contribution in [0.2, 0.25) is 0 Å². The Hall–Kier alpha value is -3.14. The summed E-state index contributed by atoms with van der Waals surface area (Å²) < 4.78 is 10.7. The van der Waals surface area contributed by atoms with Crippen LogP contribution in [0.3, 0.4) is 0 Å². The fraction of sp³-hybridized carbons (Fsp3) is 0.143. The second-order valence-corrected chi connectivity index (χ2v) is 6.52. The average molecular weight is 328 g/mol. The number of imidazole rings is 1. The second kappa shape index (κ2) is 4.93. The largest absolute Gasteiger partial charge is 0.437 e. The second-order valence-electron chi connectivity index (χ2n) is 6.52. The molecule has 0 radical (unpaired) electrons. The lowest BCUT2D eigenvalue weighted by Crippen LogP contribution is -2.30. The summed E-state index contributed by atoms with van der Waals surface area (Å²) in [5.41, 5.74) is 6.29. The first-order valence-electron chi connectivity index (χ1n) is 8.37. The van der Waals surface area contributed by atoms with E-state index in [0.717, 1.165) is 27.7 Å². The van der Waals surface area contributed by atoms with Crippen LogP contribution in [-0.2, 0) is 14.1 Å². The summed E-state index contributed by atoms with van der Waals surface area (Å²) in [5.74, 6) is 1.13. The molecule has 122 valence electrons. The molecule has 4 heteroatoms. The molecule has 2 aromatic carbocycles. The number of benzene rings is 2. The van der Waals surface area contributed by atoms with Crippen molar-refractivity contribution in [1.82, 2.24) is 9.55 Å². The van der Waals surface area contributed by atoms with E-state index in [-0.39, 0.29) is 0 Å². The number of hydrogen-bond donors (Lipinski definition) is 0. The number of aryl methyl sites for hydroxylation is 3. The number of aromatic nitrogens is 3. The maximum Gasteiger partial charge on any atom is 0.293 e. The van der Waals surface area contributed by atoms with Crippen molar-refractivity contribution in [2.45, 2.75) is 6.92 Å². The van der Waals surface area contributed by atoms with E-state index in [1.54, 1.807) is 6.20 Å². The molecule has 0 unspecified atom stereocenters. The Balaban J connectivity index is 1.98. The first kappa shape index (κ1) is 14.2. The zero-order valence-corrected chi connectivity index (χ0v) is 14.4. The predicted molar refractivity (Wildman–Crippen MR) is 99.3 cm³/mol. The standard InChI is InChI=1S/C21H18N3O/c1-13-10-11-14-15-7-6-12-22-20(15)25-19(14)18(13)21-23(2)16-8-4-5-9-17(16)24(21)3/h4-12H,1-3H3/q+1. The highest BCUT2D eigenvalue weighted by Gasteiger charge is 2.27. The van der Waals surface area contributed by atoms with Crippen LogP contribution in [0.1, 0.15) is 5.56 Å². The molecule has 3 aromatic heterocycles. The summed E-state index contributed by atoms with van der Waals surface area (Å²) in [4.78, 5) is 4.39. The highest BCUT2D eigenvalue weighted by molar-refractivity contribution is 6.08. The molecule has 0 aliphatic carbocycles. The minimum Gasteiger partial charge on any atom is -0.437 e. The van der Waals surface area contributed by atoms with Crippen molar-refractivity contribution in [2.24, 2.45) is 14.1 Å². The Kier molecular flexibility index (Phi) is 2.80. The van der Waals surface area contributed by atoms with Crippen LogP contribution >= 0.6 is 0 Å². The van der Waals surface area contributed by atoms with Gasteiger partial charge in [-0.25, -0.2) is 14.1 Å². The van der Waals surface area contributed by atoms with Gasteiger partial charge < -0.3 is 4.42 Å². The van der Waals surface area contributed by atoms with E-state index in [4.69, 9.17) is 4.42 Å². The van der Waals surface area contributed by atoms with Gasteiger partial charge in [0.25, 0.3) is 5.82 Å². The molecule has 0 aliphatic heterocycles. The molecule has 3 heterocycles. The highest BCUT2D eigenvalue weighted by atomic mass is 16.3. The SMILES string of the molecule is Cc1ccc2c(oc3ncccc32)c1-c1n(C)c2ccccc2[n+]1C. The normalized spacial score (nSPS) is 11.8. The summed E-state index contributed by atoms with van der Waals surface area (Å²) in [5, 5.41) is 2.16. The molecule has 0 saturated carbocycles. The van der Waals surface area contributed by atoms with Crippen LogP contribution in [0.4, 0.5) is 0 Å². The molecule has 0 fully saturated rings. The topological polar surface area (TPSA) is 34.8 Å². The van der Waals surface area contributed by atoms with Gasteiger partial charge in [0, 0.05) is 17.0 Å². The van der Waals surface area contributed by atoms with E-state index in [1.807, 2.05) is 6.07 Å². The Morgan fingerprint density at radius 3 is 2.68 bits per heavy atom. The Bertz CT molecular complexity index is 1240. The Morgan fingerprint density at radius 2 is 1.84 bits per heavy atom. The fourth-order valence-electron chi connectivity index (χ4n) is 3.87. The van der Waals surface area contributed by atoms with Crippen molar-refractivity contribution >= 4 is 33.1 Å². The maximum atomic E-state index is 6.19. The number of para-hydroxylation sites is 2. The molecular formula is C21H18N3O+. The van der Waals surface area contributed by atoms with E-state index in [2.05, 4.69) is 77.6 Å². The lowest BCUT2D eigenvalue weighted by Gasteiger charge is -2.04. The van der Waals surface area contributed by atoms with Gasteiger partial charge >= 0.3 is 0 Å². The summed E-state index contributed by atoms with van der Waals surface area (Å²) in [7, 11) is 4.22. The monoisotopic (exact) mass is 328 g/mol. The molecule has 25 heavy (non-hydrogen) atoms. The first-order chi connectivity index (χ1) is 12.2. The Morgan fingerprint density at radius 1 is 1.00 bits per heavy atom. The molecule has 0 amide bonds. The molecule has 0 spiro atoms. The molecule has 5 aromatic rings. The average Bonchev–Trinajstić information content (AvgIpc) is 3.12. The van der Waals surface area contributed by atoms with E-state index in [9.17, 15) is 0 Å². The smallest absolute Gasteiger partial charge is 0.293 e. The van der Waals surface area contributed by atoms with Crippen molar-refractivity contribution in [1.29, 1.82) is 0 Å². The van der Waals surface area contributed by atoms with Crippen LogP contribution in [-0.4, -0.2) is 9.55 Å². The zero-order chi connectivity index (χ0) is 17.1. The predicted octanol–water partition coefficient (Wildman–Crippen LogP) is 4.27. The number of rotatable bonds is 1. The molecule has 0 aliphatic rings. The van der Waals surface area contributed by atoms with Crippen LogP contribution < -0.4 is 4.57 Å². The highest BCUT2D eigenvalue weighted by Crippen LogP contribution is 2.36. The van der Waals surface area contributed by atoms with E-state index in [0.29, 0.717) is 5.71 Å². The molecule has 0 atom stereocenters. The summed E-state index contributed by atoms with van der Waals surface area (Å²) >= 11 is 0. The van der Waals surface area contributed by atoms with E-state index < -0.39 is 0 Å². The van der Waals surface area contributed by atoms with Crippen molar-refractivity contribution in [3.63, 3.8) is 0 Å². The van der Waals surface area contributed by atoms with Gasteiger partial charge in [0.1, 0.15) is 5.56 Å². The lowest BCUT2D eigenvalue weighted by atomic mass is 10.0. The van der Waals surface area contributed by atoms with Gasteiger partial charge in [-0.3, -0.25) is 0 Å². The first-order valence-corrected chi connectivity index (χ1v) is 8.37. The third kappa shape index (κ3) is 1.82. The molecule has 5 rings (SSSR count). The zero-order valence-electron chi connectivity index (χ0n) is 14.4. The van der Waals surface area contributed by atoms with Crippen LogP contribution in [0.15, 0.2) is 59.1 Å². The summed E-state index contributed by atoms with van der Waals surface area (Å²) in [6.45, 7) is 2.13. The van der Waals surface area contributed by atoms with E-state index >= 15 is 0 Å². The van der Waals surface area contributed by atoms with Gasteiger partial charge in [0.15, 0.2) is 16.6 Å². The lowest BCUT2D eigenvalue weighted by molar-refractivity contribution is -0.634. The number of pyridine rings is 1. The number of hydrogen-bond acceptors (Lipinski definition) is 2. The van der Waals surface area contributed by atoms with Gasteiger partial charge in [0.05, 0.1) is 14.1 Å². The van der Waals surface area contributed by atoms with Gasteiger partial charge in [-0.2, -0.15) is 0 Å². The van der Waals surface area contributed by atoms with E-state index in [1.165, 1.54) is 16.6 Å². The van der Waals surface area contributed by atoms with Gasteiger partial charge in [0.2, 0.25) is 5.71 Å². The fourth-order valence-corrected chi connectivity index (χ4v) is 3.87. The minimum absolute atomic E-state index is 0.686. The van der Waals surface area contributed by atoms with Crippen molar-refractivity contribution in [3.05, 3.63) is 60.3 Å². The van der Waals surface area contributed by atoms with Gasteiger partial charge in [-0.1, -0.05) is 24.3 Å². The quantitative estimate of drug-likeness (QED) is 0.431. The van der Waals surface area contributed by atoms with Gasteiger partial charge in [-0.15, -0.1) is 0 Å². The third-order valence-electron chi connectivity index (χ3n) is 5.09. The minimum atomic E-state index is 0.686. The molecular weight excluding hydrogens is 310 g/mol. The molecule has 0 bridgehead atoms. The molecule has 0 saturated heterocycles. The Labute approximate surface area is 144 Å². The van der Waals surface area contributed by atoms with Crippen LogP contribution in [0.5, 0.6) is 0 Å². The molecule has 4 nitrogen and oxygen atoms in total. The summed E-state index contributed by atoms with van der Waals surface area (Å²) in [6.07, 6.45) is 1.77.